The van der Waals surface area contributed by atoms with Crippen LogP contribution in [0, 0.1) is 16.0 Å². The fraction of sp³-hybridized carbons (Fsp3) is 0.273. The van der Waals surface area contributed by atoms with E-state index in [2.05, 4.69) is 16.2 Å². The number of hydrogen-bond acceptors (Lipinski definition) is 4. The Balaban J connectivity index is 1.94. The number of carbonyl (C=O) groups excluding carboxylic acids is 1. The molecule has 0 unspecified atom stereocenters. The number of anilines is 1. The van der Waals surface area contributed by atoms with Gasteiger partial charge in [0.2, 0.25) is 5.91 Å². The number of nitro groups is 1. The van der Waals surface area contributed by atoms with Gasteiger partial charge in [0, 0.05) is 18.1 Å². The van der Waals surface area contributed by atoms with Gasteiger partial charge >= 0.3 is 0 Å². The molecule has 0 heterocycles. The number of hydrazine groups is 1. The van der Waals surface area contributed by atoms with Crippen LogP contribution in [0.1, 0.15) is 12.8 Å². The van der Waals surface area contributed by atoms with Gasteiger partial charge < -0.3 is 5.32 Å². The fourth-order valence-corrected chi connectivity index (χ4v) is 1.77. The Bertz CT molecular complexity index is 577. The zero-order valence-electron chi connectivity index (χ0n) is 10.2. The number of halogens is 1. The number of amides is 1. The lowest BCUT2D eigenvalue weighted by molar-refractivity contribution is -0.384. The van der Waals surface area contributed by atoms with Gasteiger partial charge in [-0.2, -0.15) is 0 Å². The minimum atomic E-state index is -0.535. The predicted octanol–water partition coefficient (Wildman–Crippen LogP) is 1.98. The third kappa shape index (κ3) is 3.78. The van der Waals surface area contributed by atoms with Crippen LogP contribution in [0.5, 0.6) is 0 Å². The monoisotopic (exact) mass is 314 g/mol. The summed E-state index contributed by atoms with van der Waals surface area (Å²) in [5.41, 5.74) is 5.15. The number of nitrogens with one attached hydrogen (secondary N) is 3. The summed E-state index contributed by atoms with van der Waals surface area (Å²) in [7, 11) is 0. The van der Waals surface area contributed by atoms with E-state index in [1.807, 2.05) is 0 Å². The molecule has 0 atom stereocenters. The van der Waals surface area contributed by atoms with Gasteiger partial charge in [0.15, 0.2) is 5.11 Å². The first kappa shape index (κ1) is 14.5. The van der Waals surface area contributed by atoms with Crippen molar-refractivity contribution in [2.45, 2.75) is 12.8 Å². The molecule has 1 aromatic rings. The first-order chi connectivity index (χ1) is 9.47. The van der Waals surface area contributed by atoms with E-state index in [1.54, 1.807) is 0 Å². The average Bonchev–Trinajstić information content (AvgIpc) is 3.22. The number of nitro benzene ring substituents is 1. The normalized spacial score (nSPS) is 13.4. The van der Waals surface area contributed by atoms with Crippen molar-refractivity contribution in [3.05, 3.63) is 33.3 Å². The highest BCUT2D eigenvalue weighted by molar-refractivity contribution is 7.80. The highest BCUT2D eigenvalue weighted by atomic mass is 35.5. The molecule has 0 saturated heterocycles. The van der Waals surface area contributed by atoms with E-state index in [-0.39, 0.29) is 27.6 Å². The predicted molar refractivity (Wildman–Crippen MR) is 78.3 cm³/mol. The molecule has 0 spiro atoms. The van der Waals surface area contributed by atoms with Crippen molar-refractivity contribution in [3.8, 4) is 0 Å². The van der Waals surface area contributed by atoms with E-state index in [1.165, 1.54) is 18.2 Å². The van der Waals surface area contributed by atoms with Gasteiger partial charge in [0.05, 0.1) is 15.6 Å². The number of thiocarbonyl (C=S) groups is 1. The van der Waals surface area contributed by atoms with Gasteiger partial charge in [-0.25, -0.2) is 0 Å². The average molecular weight is 315 g/mol. The molecule has 3 N–H and O–H groups in total. The summed E-state index contributed by atoms with van der Waals surface area (Å²) in [5, 5.41) is 13.7. The van der Waals surface area contributed by atoms with E-state index in [9.17, 15) is 14.9 Å². The lowest BCUT2D eigenvalue weighted by atomic mass is 10.3. The quantitative estimate of drug-likeness (QED) is 0.448. The molecular formula is C11H11ClN4O3S. The Labute approximate surface area is 124 Å². The van der Waals surface area contributed by atoms with Gasteiger partial charge in [-0.05, 0) is 31.1 Å². The smallest absolute Gasteiger partial charge is 0.271 e. The molecule has 1 fully saturated rings. The highest BCUT2D eigenvalue weighted by Crippen LogP contribution is 2.28. The molecular weight excluding hydrogens is 304 g/mol. The van der Waals surface area contributed by atoms with Crippen molar-refractivity contribution < 1.29 is 9.72 Å². The minimum Gasteiger partial charge on any atom is -0.330 e. The Morgan fingerprint density at radius 2 is 2.10 bits per heavy atom. The molecule has 20 heavy (non-hydrogen) atoms. The molecule has 106 valence electrons. The zero-order chi connectivity index (χ0) is 14.7. The summed E-state index contributed by atoms with van der Waals surface area (Å²) >= 11 is 10.9. The summed E-state index contributed by atoms with van der Waals surface area (Å²) in [4.78, 5) is 21.5. The summed E-state index contributed by atoms with van der Waals surface area (Å²) in [5.74, 6) is -0.0778. The van der Waals surface area contributed by atoms with Crippen molar-refractivity contribution in [1.82, 2.24) is 10.9 Å². The second kappa shape index (κ2) is 6.02. The molecule has 2 rings (SSSR count). The van der Waals surface area contributed by atoms with Crippen molar-refractivity contribution in [3.63, 3.8) is 0 Å². The lowest BCUT2D eigenvalue weighted by Crippen LogP contribution is -2.44. The molecule has 0 aromatic heterocycles. The Kier molecular flexibility index (Phi) is 4.35. The van der Waals surface area contributed by atoms with Crippen LogP contribution in [-0.2, 0) is 4.79 Å². The third-order valence-electron chi connectivity index (χ3n) is 2.66. The summed E-state index contributed by atoms with van der Waals surface area (Å²) in [6.07, 6.45) is 1.76. The number of nitrogens with zero attached hydrogens (tertiary/aromatic N) is 1. The van der Waals surface area contributed by atoms with Crippen molar-refractivity contribution in [1.29, 1.82) is 0 Å². The SMILES string of the molecule is O=C(NNC(=S)Nc1cc([N+](=O)[O-])ccc1Cl)C1CC1. The van der Waals surface area contributed by atoms with Crippen LogP contribution < -0.4 is 16.2 Å². The molecule has 1 saturated carbocycles. The molecule has 1 aliphatic carbocycles. The van der Waals surface area contributed by atoms with Gasteiger partial charge in [-0.1, -0.05) is 11.6 Å². The van der Waals surface area contributed by atoms with E-state index < -0.39 is 4.92 Å². The molecule has 9 heteroatoms. The number of rotatable bonds is 3. The highest BCUT2D eigenvalue weighted by Gasteiger charge is 2.29. The first-order valence-electron chi connectivity index (χ1n) is 5.78. The molecule has 0 bridgehead atoms. The maximum Gasteiger partial charge on any atom is 0.271 e. The van der Waals surface area contributed by atoms with Crippen LogP contribution in [0.15, 0.2) is 18.2 Å². The molecule has 1 aromatic carbocycles. The minimum absolute atomic E-state index is 0.0479. The van der Waals surface area contributed by atoms with E-state index in [4.69, 9.17) is 23.8 Å². The van der Waals surface area contributed by atoms with Crippen LogP contribution in [0.3, 0.4) is 0 Å². The number of hydrogen-bond donors (Lipinski definition) is 3. The fourth-order valence-electron chi connectivity index (χ4n) is 1.44. The largest absolute Gasteiger partial charge is 0.330 e. The van der Waals surface area contributed by atoms with Crippen molar-refractivity contribution in [2.24, 2.45) is 5.92 Å². The topological polar surface area (TPSA) is 96.3 Å². The van der Waals surface area contributed by atoms with Crippen LogP contribution in [0.4, 0.5) is 11.4 Å². The molecule has 7 nitrogen and oxygen atoms in total. The summed E-state index contributed by atoms with van der Waals surface area (Å²) in [6.45, 7) is 0. The Morgan fingerprint density at radius 1 is 1.40 bits per heavy atom. The van der Waals surface area contributed by atoms with E-state index in [0.29, 0.717) is 5.69 Å². The Morgan fingerprint density at radius 3 is 2.70 bits per heavy atom. The van der Waals surface area contributed by atoms with Crippen LogP contribution in [0.25, 0.3) is 0 Å². The zero-order valence-corrected chi connectivity index (χ0v) is 11.8. The molecule has 1 aliphatic rings. The second-order valence-corrected chi connectivity index (χ2v) is 5.08. The third-order valence-corrected chi connectivity index (χ3v) is 3.19. The number of carbonyl (C=O) groups is 1. The van der Waals surface area contributed by atoms with Gasteiger partial charge in [-0.3, -0.25) is 25.8 Å². The number of non-ortho nitro benzene ring substituents is 1. The first-order valence-corrected chi connectivity index (χ1v) is 6.57. The van der Waals surface area contributed by atoms with Crippen LogP contribution >= 0.6 is 23.8 Å². The van der Waals surface area contributed by atoms with E-state index in [0.717, 1.165) is 12.8 Å². The lowest BCUT2D eigenvalue weighted by Gasteiger charge is -2.12. The van der Waals surface area contributed by atoms with E-state index >= 15 is 0 Å². The molecule has 0 radical (unpaired) electrons. The second-order valence-electron chi connectivity index (χ2n) is 4.26. The van der Waals surface area contributed by atoms with Crippen molar-refractivity contribution in [2.75, 3.05) is 5.32 Å². The summed E-state index contributed by atoms with van der Waals surface area (Å²) < 4.78 is 0. The maximum atomic E-state index is 11.4. The Hall–Kier alpha value is -1.93. The van der Waals surface area contributed by atoms with Gasteiger partial charge in [0.1, 0.15) is 0 Å². The number of benzene rings is 1. The van der Waals surface area contributed by atoms with Gasteiger partial charge in [0.25, 0.3) is 5.69 Å². The van der Waals surface area contributed by atoms with Crippen LogP contribution in [-0.4, -0.2) is 15.9 Å². The van der Waals surface area contributed by atoms with Crippen molar-refractivity contribution >= 4 is 46.2 Å². The summed E-state index contributed by atoms with van der Waals surface area (Å²) in [6, 6.07) is 3.95. The molecule has 0 aliphatic heterocycles. The maximum absolute atomic E-state index is 11.4. The standard InChI is InChI=1S/C11H11ClN4O3S/c12-8-4-3-7(16(18)19)5-9(8)13-11(20)15-14-10(17)6-1-2-6/h3-6H,1-2H2,(H,14,17)(H2,13,15,20). The molecule has 1 amide bonds. The van der Waals surface area contributed by atoms with Crippen LogP contribution in [0.2, 0.25) is 5.02 Å². The van der Waals surface area contributed by atoms with Gasteiger partial charge in [-0.15, -0.1) is 0 Å².